The highest BCUT2D eigenvalue weighted by Crippen LogP contribution is 2.43. The summed E-state index contributed by atoms with van der Waals surface area (Å²) in [5.74, 6) is 0.433. The van der Waals surface area contributed by atoms with E-state index < -0.39 is 0 Å². The fourth-order valence-electron chi connectivity index (χ4n) is 1.35. The maximum Gasteiger partial charge on any atom is 0.203 e. The van der Waals surface area contributed by atoms with Crippen molar-refractivity contribution in [2.75, 3.05) is 5.73 Å². The average molecular weight is 180 g/mol. The molecule has 1 fully saturated rings. The molecule has 0 radical (unpaired) electrons. The van der Waals surface area contributed by atoms with Gasteiger partial charge in [0.15, 0.2) is 0 Å². The minimum Gasteiger partial charge on any atom is -0.374 e. The van der Waals surface area contributed by atoms with Crippen LogP contribution in [0.5, 0.6) is 0 Å². The van der Waals surface area contributed by atoms with E-state index in [0.717, 1.165) is 17.8 Å². The van der Waals surface area contributed by atoms with E-state index in [-0.39, 0.29) is 5.92 Å². The van der Waals surface area contributed by atoms with E-state index in [1.54, 1.807) is 0 Å². The summed E-state index contributed by atoms with van der Waals surface area (Å²) in [7, 11) is 0. The number of hydrogen-bond acceptors (Lipinski definition) is 5. The summed E-state index contributed by atoms with van der Waals surface area (Å²) in [6.07, 6.45) is 2.04. The molecule has 1 aromatic rings. The molecule has 0 saturated heterocycles. The SMILES string of the molecule is N#CC1CCC1c1nnc(N)s1. The van der Waals surface area contributed by atoms with Gasteiger partial charge < -0.3 is 5.73 Å². The van der Waals surface area contributed by atoms with Crippen LogP contribution in [0.1, 0.15) is 23.8 Å². The van der Waals surface area contributed by atoms with Gasteiger partial charge in [-0.25, -0.2) is 0 Å². The van der Waals surface area contributed by atoms with Crippen LogP contribution in [0.3, 0.4) is 0 Å². The molecule has 62 valence electrons. The van der Waals surface area contributed by atoms with Crippen molar-refractivity contribution in [3.05, 3.63) is 5.01 Å². The largest absolute Gasteiger partial charge is 0.374 e. The number of nitrogens with zero attached hydrogens (tertiary/aromatic N) is 3. The molecule has 1 aliphatic rings. The zero-order valence-corrected chi connectivity index (χ0v) is 7.21. The molecule has 0 spiro atoms. The highest BCUT2D eigenvalue weighted by molar-refractivity contribution is 7.15. The van der Waals surface area contributed by atoms with Crippen molar-refractivity contribution in [2.45, 2.75) is 18.8 Å². The molecule has 4 nitrogen and oxygen atoms in total. The van der Waals surface area contributed by atoms with E-state index in [4.69, 9.17) is 11.0 Å². The molecule has 2 rings (SSSR count). The Balaban J connectivity index is 2.17. The van der Waals surface area contributed by atoms with Gasteiger partial charge in [0.2, 0.25) is 5.13 Å². The Bertz CT molecular complexity index is 326. The number of anilines is 1. The van der Waals surface area contributed by atoms with Gasteiger partial charge in [-0.3, -0.25) is 0 Å². The third-order valence-corrected chi connectivity index (χ3v) is 3.10. The molecule has 0 amide bonds. The summed E-state index contributed by atoms with van der Waals surface area (Å²) in [6.45, 7) is 0. The molecule has 1 aliphatic carbocycles. The Morgan fingerprint density at radius 3 is 2.75 bits per heavy atom. The molecule has 2 N–H and O–H groups in total. The van der Waals surface area contributed by atoms with Gasteiger partial charge in [-0.2, -0.15) is 5.26 Å². The second-order valence-electron chi connectivity index (χ2n) is 2.90. The second-order valence-corrected chi connectivity index (χ2v) is 3.94. The number of nitrogen functional groups attached to an aromatic ring is 1. The third kappa shape index (κ3) is 1.04. The molecular weight excluding hydrogens is 172 g/mol. The van der Waals surface area contributed by atoms with Crippen molar-refractivity contribution in [3.8, 4) is 6.07 Å². The van der Waals surface area contributed by atoms with Gasteiger partial charge in [-0.05, 0) is 12.8 Å². The lowest BCUT2D eigenvalue weighted by molar-refractivity contribution is 0.323. The number of nitriles is 1. The third-order valence-electron chi connectivity index (χ3n) is 2.21. The van der Waals surface area contributed by atoms with Crippen LogP contribution in [0.25, 0.3) is 0 Å². The van der Waals surface area contributed by atoms with E-state index in [9.17, 15) is 0 Å². The number of aromatic nitrogens is 2. The molecule has 1 saturated carbocycles. The van der Waals surface area contributed by atoms with Crippen LogP contribution in [-0.4, -0.2) is 10.2 Å². The predicted octanol–water partition coefficient (Wildman–Crippen LogP) is 1.14. The highest BCUT2D eigenvalue weighted by atomic mass is 32.1. The minimum absolute atomic E-state index is 0.136. The Hall–Kier alpha value is -1.15. The molecule has 0 aromatic carbocycles. The van der Waals surface area contributed by atoms with Crippen LogP contribution < -0.4 is 5.73 Å². The first-order chi connectivity index (χ1) is 5.81. The minimum atomic E-state index is 0.136. The smallest absolute Gasteiger partial charge is 0.203 e. The van der Waals surface area contributed by atoms with Gasteiger partial charge >= 0.3 is 0 Å². The molecule has 0 bridgehead atoms. The summed E-state index contributed by atoms with van der Waals surface area (Å²) in [6, 6.07) is 2.26. The van der Waals surface area contributed by atoms with Crippen molar-refractivity contribution >= 4 is 16.5 Å². The Labute approximate surface area is 74.0 Å². The average Bonchev–Trinajstić information content (AvgIpc) is 2.35. The van der Waals surface area contributed by atoms with Gasteiger partial charge in [0.25, 0.3) is 0 Å². The number of rotatable bonds is 1. The van der Waals surface area contributed by atoms with Crippen molar-refractivity contribution in [2.24, 2.45) is 5.92 Å². The summed E-state index contributed by atoms with van der Waals surface area (Å²) in [5, 5.41) is 17.8. The van der Waals surface area contributed by atoms with Gasteiger partial charge in [0, 0.05) is 5.92 Å². The topological polar surface area (TPSA) is 75.6 Å². The van der Waals surface area contributed by atoms with Crippen molar-refractivity contribution in [1.82, 2.24) is 10.2 Å². The zero-order valence-electron chi connectivity index (χ0n) is 6.40. The van der Waals surface area contributed by atoms with E-state index in [0.29, 0.717) is 11.0 Å². The van der Waals surface area contributed by atoms with Crippen LogP contribution >= 0.6 is 11.3 Å². The van der Waals surface area contributed by atoms with Crippen molar-refractivity contribution in [3.63, 3.8) is 0 Å². The predicted molar refractivity (Wildman–Crippen MR) is 45.4 cm³/mol. The molecule has 2 unspecified atom stereocenters. The normalized spacial score (nSPS) is 27.6. The van der Waals surface area contributed by atoms with Gasteiger partial charge in [-0.1, -0.05) is 11.3 Å². The molecule has 1 heterocycles. The highest BCUT2D eigenvalue weighted by Gasteiger charge is 2.34. The standard InChI is InChI=1S/C7H8N4S/c8-3-4-1-2-5(4)6-10-11-7(9)12-6/h4-5H,1-2H2,(H2,9,11). The lowest BCUT2D eigenvalue weighted by Crippen LogP contribution is -2.21. The molecule has 5 heteroatoms. The van der Waals surface area contributed by atoms with Crippen LogP contribution in [0.15, 0.2) is 0 Å². The molecule has 0 aliphatic heterocycles. The maximum absolute atomic E-state index is 8.70. The first kappa shape index (κ1) is 7.50. The summed E-state index contributed by atoms with van der Waals surface area (Å²) in [5.41, 5.74) is 5.44. The van der Waals surface area contributed by atoms with Crippen LogP contribution in [0, 0.1) is 17.2 Å². The Morgan fingerprint density at radius 2 is 2.33 bits per heavy atom. The van der Waals surface area contributed by atoms with Gasteiger partial charge in [0.1, 0.15) is 5.01 Å². The Morgan fingerprint density at radius 1 is 1.50 bits per heavy atom. The summed E-state index contributed by atoms with van der Waals surface area (Å²) >= 11 is 1.40. The van der Waals surface area contributed by atoms with E-state index in [1.807, 2.05) is 0 Å². The second kappa shape index (κ2) is 2.72. The maximum atomic E-state index is 8.70. The van der Waals surface area contributed by atoms with Crippen molar-refractivity contribution < 1.29 is 0 Å². The number of hydrogen-bond donors (Lipinski definition) is 1. The van der Waals surface area contributed by atoms with Gasteiger partial charge in [0.05, 0.1) is 12.0 Å². The van der Waals surface area contributed by atoms with Crippen molar-refractivity contribution in [1.29, 1.82) is 5.26 Å². The summed E-state index contributed by atoms with van der Waals surface area (Å²) in [4.78, 5) is 0. The summed E-state index contributed by atoms with van der Waals surface area (Å²) < 4.78 is 0. The van der Waals surface area contributed by atoms with E-state index >= 15 is 0 Å². The van der Waals surface area contributed by atoms with Crippen LogP contribution in [0.2, 0.25) is 0 Å². The number of nitrogens with two attached hydrogens (primary N) is 1. The van der Waals surface area contributed by atoms with E-state index in [2.05, 4.69) is 16.3 Å². The van der Waals surface area contributed by atoms with Crippen LogP contribution in [0.4, 0.5) is 5.13 Å². The lowest BCUT2D eigenvalue weighted by Gasteiger charge is -2.28. The first-order valence-electron chi connectivity index (χ1n) is 3.79. The monoisotopic (exact) mass is 180 g/mol. The quantitative estimate of drug-likeness (QED) is 0.703. The molecule has 12 heavy (non-hydrogen) atoms. The Kier molecular flexibility index (Phi) is 1.70. The lowest BCUT2D eigenvalue weighted by atomic mass is 9.75. The van der Waals surface area contributed by atoms with Crippen LogP contribution in [-0.2, 0) is 0 Å². The zero-order chi connectivity index (χ0) is 8.55. The molecule has 2 atom stereocenters. The molecule has 1 aromatic heterocycles. The fraction of sp³-hybridized carbons (Fsp3) is 0.571. The molecular formula is C7H8N4S. The van der Waals surface area contributed by atoms with Gasteiger partial charge in [-0.15, -0.1) is 10.2 Å². The van der Waals surface area contributed by atoms with E-state index in [1.165, 1.54) is 11.3 Å². The fourth-order valence-corrected chi connectivity index (χ4v) is 2.16. The first-order valence-corrected chi connectivity index (χ1v) is 4.61.